The van der Waals surface area contributed by atoms with E-state index in [1.165, 1.54) is 11.3 Å². The number of Topliss-reactive ketones (excluding diaryl/α,β-unsaturated/α-hetero) is 1. The summed E-state index contributed by atoms with van der Waals surface area (Å²) in [7, 11) is 0. The summed E-state index contributed by atoms with van der Waals surface area (Å²) in [6.07, 6.45) is 2.06. The standard InChI is InChI=1S/C24H24Cl2N2O2S/c1-4-5-21-23(16-8-9-18(25)19(26)13-16)28-24(31-21)27-22(30)11-10-20(29)17-12-14(2)6-7-15(17)3/h6-9,12-13H,4-5,10-11H2,1-3H3,(H,27,28,30). The number of halogens is 2. The van der Waals surface area contributed by atoms with Crippen molar-refractivity contribution in [2.45, 2.75) is 46.5 Å². The number of carbonyl (C=O) groups excluding carboxylic acids is 2. The van der Waals surface area contributed by atoms with Gasteiger partial charge in [0.05, 0.1) is 15.7 Å². The number of rotatable bonds is 8. The second kappa shape index (κ2) is 10.4. The number of amides is 1. The Balaban J connectivity index is 1.70. The second-order valence-electron chi connectivity index (χ2n) is 7.46. The Hall–Kier alpha value is -2.21. The predicted molar refractivity (Wildman–Crippen MR) is 130 cm³/mol. The third kappa shape index (κ3) is 5.94. The van der Waals surface area contributed by atoms with Gasteiger partial charge in [-0.25, -0.2) is 4.98 Å². The average molecular weight is 475 g/mol. The van der Waals surface area contributed by atoms with E-state index in [4.69, 9.17) is 23.2 Å². The molecular formula is C24H24Cl2N2O2S. The Bertz CT molecular complexity index is 1120. The van der Waals surface area contributed by atoms with Crippen molar-refractivity contribution < 1.29 is 9.59 Å². The Labute approximate surface area is 196 Å². The maximum Gasteiger partial charge on any atom is 0.226 e. The van der Waals surface area contributed by atoms with Crippen LogP contribution in [0.5, 0.6) is 0 Å². The smallest absolute Gasteiger partial charge is 0.226 e. The molecule has 0 fully saturated rings. The summed E-state index contributed by atoms with van der Waals surface area (Å²) >= 11 is 13.6. The number of anilines is 1. The van der Waals surface area contributed by atoms with E-state index in [9.17, 15) is 9.59 Å². The summed E-state index contributed by atoms with van der Waals surface area (Å²) in [5.74, 6) is -0.255. The zero-order valence-corrected chi connectivity index (χ0v) is 20.0. The summed E-state index contributed by atoms with van der Waals surface area (Å²) in [6, 6.07) is 11.2. The summed E-state index contributed by atoms with van der Waals surface area (Å²) < 4.78 is 0. The maximum absolute atomic E-state index is 12.5. The van der Waals surface area contributed by atoms with Crippen molar-refractivity contribution in [2.75, 3.05) is 5.32 Å². The molecule has 2 aromatic carbocycles. The molecule has 0 unspecified atom stereocenters. The molecule has 31 heavy (non-hydrogen) atoms. The molecule has 0 bridgehead atoms. The van der Waals surface area contributed by atoms with Crippen molar-refractivity contribution in [3.63, 3.8) is 0 Å². The molecule has 7 heteroatoms. The Kier molecular flexibility index (Phi) is 7.87. The molecule has 1 aromatic heterocycles. The van der Waals surface area contributed by atoms with Crippen LogP contribution in [0.2, 0.25) is 10.0 Å². The van der Waals surface area contributed by atoms with E-state index in [1.54, 1.807) is 12.1 Å². The summed E-state index contributed by atoms with van der Waals surface area (Å²) in [4.78, 5) is 30.7. The number of ketones is 1. The van der Waals surface area contributed by atoms with Crippen LogP contribution in [0.3, 0.4) is 0 Å². The third-order valence-corrected chi connectivity index (χ3v) is 6.66. The van der Waals surface area contributed by atoms with Crippen LogP contribution in [0.1, 0.15) is 52.5 Å². The fourth-order valence-electron chi connectivity index (χ4n) is 3.25. The molecule has 0 aliphatic heterocycles. The van der Waals surface area contributed by atoms with Gasteiger partial charge in [0, 0.05) is 28.8 Å². The van der Waals surface area contributed by atoms with Crippen LogP contribution in [-0.4, -0.2) is 16.7 Å². The molecule has 4 nitrogen and oxygen atoms in total. The quantitative estimate of drug-likeness (QED) is 0.348. The number of hydrogen-bond donors (Lipinski definition) is 1. The summed E-state index contributed by atoms with van der Waals surface area (Å²) in [5.41, 5.74) is 4.28. The minimum Gasteiger partial charge on any atom is -0.302 e. The average Bonchev–Trinajstić information content (AvgIpc) is 3.12. The van der Waals surface area contributed by atoms with Gasteiger partial charge >= 0.3 is 0 Å². The molecule has 0 aliphatic carbocycles. The Morgan fingerprint density at radius 3 is 2.52 bits per heavy atom. The lowest BCUT2D eigenvalue weighted by Crippen LogP contribution is -2.13. The van der Waals surface area contributed by atoms with Gasteiger partial charge in [-0.2, -0.15) is 0 Å². The molecule has 1 heterocycles. The molecule has 162 valence electrons. The zero-order chi connectivity index (χ0) is 22.5. The molecule has 3 rings (SSSR count). The summed E-state index contributed by atoms with van der Waals surface area (Å²) in [5, 5.41) is 4.32. The fraction of sp³-hybridized carbons (Fsp3) is 0.292. The Morgan fingerprint density at radius 1 is 1.03 bits per heavy atom. The number of aromatic nitrogens is 1. The molecular weight excluding hydrogens is 451 g/mol. The molecule has 1 amide bonds. The van der Waals surface area contributed by atoms with Gasteiger partial charge < -0.3 is 5.32 Å². The highest BCUT2D eigenvalue weighted by atomic mass is 35.5. The van der Waals surface area contributed by atoms with Crippen molar-refractivity contribution in [3.05, 3.63) is 68.0 Å². The van der Waals surface area contributed by atoms with E-state index in [-0.39, 0.29) is 24.5 Å². The van der Waals surface area contributed by atoms with Gasteiger partial charge in [-0.1, -0.05) is 60.3 Å². The first-order valence-corrected chi connectivity index (χ1v) is 11.7. The SMILES string of the molecule is CCCc1sc(NC(=O)CCC(=O)c2cc(C)ccc2C)nc1-c1ccc(Cl)c(Cl)c1. The van der Waals surface area contributed by atoms with Gasteiger partial charge in [0.1, 0.15) is 0 Å². The first kappa shape index (κ1) is 23.5. The molecule has 0 radical (unpaired) electrons. The molecule has 0 saturated carbocycles. The highest BCUT2D eigenvalue weighted by molar-refractivity contribution is 7.16. The van der Waals surface area contributed by atoms with Crippen molar-refractivity contribution in [2.24, 2.45) is 0 Å². The van der Waals surface area contributed by atoms with Crippen molar-refractivity contribution in [1.82, 2.24) is 4.98 Å². The minimum absolute atomic E-state index is 0.0290. The van der Waals surface area contributed by atoms with Gasteiger partial charge in [0.2, 0.25) is 5.91 Å². The van der Waals surface area contributed by atoms with Gasteiger partial charge in [-0.3, -0.25) is 9.59 Å². The van der Waals surface area contributed by atoms with Crippen LogP contribution in [0, 0.1) is 13.8 Å². The highest BCUT2D eigenvalue weighted by Gasteiger charge is 2.17. The number of nitrogens with zero attached hydrogens (tertiary/aromatic N) is 1. The molecule has 0 aliphatic rings. The van der Waals surface area contributed by atoms with E-state index in [1.807, 2.05) is 38.1 Å². The van der Waals surface area contributed by atoms with Crippen LogP contribution < -0.4 is 5.32 Å². The van der Waals surface area contributed by atoms with E-state index in [0.717, 1.165) is 40.1 Å². The topological polar surface area (TPSA) is 59.1 Å². The van der Waals surface area contributed by atoms with Crippen LogP contribution in [0.4, 0.5) is 5.13 Å². The number of aryl methyl sites for hydroxylation is 3. The number of thiazole rings is 1. The molecule has 0 atom stereocenters. The highest BCUT2D eigenvalue weighted by Crippen LogP contribution is 2.35. The first-order chi connectivity index (χ1) is 14.8. The van der Waals surface area contributed by atoms with E-state index in [2.05, 4.69) is 17.2 Å². The lowest BCUT2D eigenvalue weighted by molar-refractivity contribution is -0.116. The minimum atomic E-state index is -0.226. The van der Waals surface area contributed by atoms with E-state index in [0.29, 0.717) is 20.7 Å². The first-order valence-electron chi connectivity index (χ1n) is 10.1. The van der Waals surface area contributed by atoms with Crippen LogP contribution in [0.15, 0.2) is 36.4 Å². The normalized spacial score (nSPS) is 10.9. The van der Waals surface area contributed by atoms with E-state index < -0.39 is 0 Å². The Morgan fingerprint density at radius 2 is 1.81 bits per heavy atom. The third-order valence-electron chi connectivity index (χ3n) is 4.89. The van der Waals surface area contributed by atoms with Gasteiger partial charge in [0.15, 0.2) is 10.9 Å². The number of nitrogens with one attached hydrogen (secondary N) is 1. The van der Waals surface area contributed by atoms with Gasteiger partial charge in [0.25, 0.3) is 0 Å². The van der Waals surface area contributed by atoms with Crippen LogP contribution in [-0.2, 0) is 11.2 Å². The van der Waals surface area contributed by atoms with Crippen molar-refractivity contribution in [1.29, 1.82) is 0 Å². The predicted octanol–water partition coefficient (Wildman–Crippen LogP) is 7.29. The monoisotopic (exact) mass is 474 g/mol. The number of hydrogen-bond acceptors (Lipinski definition) is 4. The zero-order valence-electron chi connectivity index (χ0n) is 17.7. The molecule has 0 saturated heterocycles. The number of carbonyl (C=O) groups is 2. The van der Waals surface area contributed by atoms with Crippen LogP contribution in [0.25, 0.3) is 11.3 Å². The van der Waals surface area contributed by atoms with Crippen molar-refractivity contribution in [3.8, 4) is 11.3 Å². The van der Waals surface area contributed by atoms with Crippen LogP contribution >= 0.6 is 34.5 Å². The van der Waals surface area contributed by atoms with Gasteiger partial charge in [-0.05, 0) is 44.0 Å². The second-order valence-corrected chi connectivity index (χ2v) is 9.36. The molecule has 1 N–H and O–H groups in total. The molecule has 0 spiro atoms. The molecule has 3 aromatic rings. The largest absolute Gasteiger partial charge is 0.302 e. The lowest BCUT2D eigenvalue weighted by atomic mass is 9.99. The fourth-order valence-corrected chi connectivity index (χ4v) is 4.65. The van der Waals surface area contributed by atoms with Gasteiger partial charge in [-0.15, -0.1) is 11.3 Å². The maximum atomic E-state index is 12.5. The number of benzene rings is 2. The van der Waals surface area contributed by atoms with E-state index >= 15 is 0 Å². The summed E-state index contributed by atoms with van der Waals surface area (Å²) in [6.45, 7) is 5.95. The van der Waals surface area contributed by atoms with Crippen molar-refractivity contribution >= 4 is 51.4 Å². The lowest BCUT2D eigenvalue weighted by Gasteiger charge is -2.06.